The molecule has 1 fully saturated rings. The summed E-state index contributed by atoms with van der Waals surface area (Å²) in [5.41, 5.74) is 1.95. The van der Waals surface area contributed by atoms with Gasteiger partial charge in [-0.3, -0.25) is 0 Å². The molecule has 0 bridgehead atoms. The Kier molecular flexibility index (Phi) is 2.14. The lowest BCUT2D eigenvalue weighted by Crippen LogP contribution is -2.10. The maximum absolute atomic E-state index is 5.36. The third-order valence-electron chi connectivity index (χ3n) is 2.85. The second-order valence-electron chi connectivity index (χ2n) is 3.97. The molecule has 1 aliphatic rings. The molecule has 1 aliphatic heterocycles. The van der Waals surface area contributed by atoms with Crippen molar-refractivity contribution in [2.24, 2.45) is 5.92 Å². The molecule has 0 saturated carbocycles. The Morgan fingerprint density at radius 1 is 1.47 bits per heavy atom. The summed E-state index contributed by atoms with van der Waals surface area (Å²) in [7, 11) is 0. The topological polar surface area (TPSA) is 39.9 Å². The van der Waals surface area contributed by atoms with Crippen LogP contribution >= 0.6 is 0 Å². The molecule has 1 saturated heterocycles. The average Bonchev–Trinajstić information content (AvgIpc) is 2.89. The number of imidazole rings is 1. The first-order valence-electron chi connectivity index (χ1n) is 5.27. The maximum atomic E-state index is 5.36. The first kappa shape index (κ1) is 8.85. The van der Waals surface area contributed by atoms with Gasteiger partial charge in [0.15, 0.2) is 5.65 Å². The molecule has 0 amide bonds. The second-order valence-corrected chi connectivity index (χ2v) is 3.97. The summed E-state index contributed by atoms with van der Waals surface area (Å²) in [4.78, 5) is 8.66. The summed E-state index contributed by atoms with van der Waals surface area (Å²) in [5.74, 6) is 0.615. The Labute approximate surface area is 87.9 Å². The average molecular weight is 203 g/mol. The molecule has 3 rings (SSSR count). The van der Waals surface area contributed by atoms with Crippen LogP contribution in [0, 0.1) is 5.92 Å². The Balaban J connectivity index is 1.90. The van der Waals surface area contributed by atoms with Crippen LogP contribution in [0.5, 0.6) is 0 Å². The Bertz CT molecular complexity index is 460. The molecule has 2 aromatic rings. The van der Waals surface area contributed by atoms with E-state index in [0.717, 1.165) is 37.3 Å². The van der Waals surface area contributed by atoms with Crippen molar-refractivity contribution < 1.29 is 4.74 Å². The van der Waals surface area contributed by atoms with Gasteiger partial charge in [-0.1, -0.05) is 0 Å². The summed E-state index contributed by atoms with van der Waals surface area (Å²) in [5, 5.41) is 0. The predicted molar refractivity (Wildman–Crippen MR) is 56.5 cm³/mol. The summed E-state index contributed by atoms with van der Waals surface area (Å²) in [6, 6.07) is 3.91. The number of pyridine rings is 1. The van der Waals surface area contributed by atoms with Crippen molar-refractivity contribution in [3.8, 4) is 0 Å². The SMILES string of the molecule is c1cnc2c(c1)ncn2CC1CCOC1. The van der Waals surface area contributed by atoms with Gasteiger partial charge in [0.25, 0.3) is 0 Å². The summed E-state index contributed by atoms with van der Waals surface area (Å²) < 4.78 is 7.48. The van der Waals surface area contributed by atoms with Gasteiger partial charge in [0.1, 0.15) is 5.52 Å². The molecule has 78 valence electrons. The number of rotatable bonds is 2. The highest BCUT2D eigenvalue weighted by atomic mass is 16.5. The Morgan fingerprint density at radius 3 is 3.33 bits per heavy atom. The van der Waals surface area contributed by atoms with Crippen LogP contribution in [0.25, 0.3) is 11.2 Å². The van der Waals surface area contributed by atoms with Crippen molar-refractivity contribution in [3.05, 3.63) is 24.7 Å². The Morgan fingerprint density at radius 2 is 2.47 bits per heavy atom. The van der Waals surface area contributed by atoms with E-state index in [2.05, 4.69) is 14.5 Å². The lowest BCUT2D eigenvalue weighted by atomic mass is 10.1. The lowest BCUT2D eigenvalue weighted by Gasteiger charge is -2.08. The van der Waals surface area contributed by atoms with E-state index in [1.54, 1.807) is 0 Å². The molecule has 15 heavy (non-hydrogen) atoms. The van der Waals surface area contributed by atoms with Gasteiger partial charge in [-0.2, -0.15) is 0 Å². The molecule has 0 aromatic carbocycles. The minimum absolute atomic E-state index is 0.615. The molecule has 3 heterocycles. The second kappa shape index (κ2) is 3.62. The molecule has 0 radical (unpaired) electrons. The van der Waals surface area contributed by atoms with Crippen LogP contribution in [-0.2, 0) is 11.3 Å². The molecule has 1 atom stereocenters. The molecule has 1 unspecified atom stereocenters. The number of ether oxygens (including phenoxy) is 1. The van der Waals surface area contributed by atoms with Gasteiger partial charge in [0.05, 0.1) is 12.9 Å². The van der Waals surface area contributed by atoms with Crippen molar-refractivity contribution in [2.45, 2.75) is 13.0 Å². The zero-order chi connectivity index (χ0) is 10.1. The first-order chi connectivity index (χ1) is 7.43. The molecule has 4 heteroatoms. The van der Waals surface area contributed by atoms with E-state index in [1.165, 1.54) is 0 Å². The zero-order valence-corrected chi connectivity index (χ0v) is 8.47. The summed E-state index contributed by atoms with van der Waals surface area (Å²) in [6.45, 7) is 2.73. The predicted octanol–water partition coefficient (Wildman–Crippen LogP) is 1.47. The number of aromatic nitrogens is 3. The maximum Gasteiger partial charge on any atom is 0.159 e. The molecular formula is C11H13N3O. The molecule has 0 spiro atoms. The van der Waals surface area contributed by atoms with Gasteiger partial charge in [0, 0.05) is 25.3 Å². The van der Waals surface area contributed by atoms with Crippen LogP contribution in [-0.4, -0.2) is 27.7 Å². The van der Waals surface area contributed by atoms with Crippen LogP contribution in [0.15, 0.2) is 24.7 Å². The number of nitrogens with zero attached hydrogens (tertiary/aromatic N) is 3. The standard InChI is InChI=1S/C11H13N3O/c1-2-10-11(12-4-1)14(8-13-10)6-9-3-5-15-7-9/h1-2,4,8-9H,3,5-7H2. The number of fused-ring (bicyclic) bond motifs is 1. The van der Waals surface area contributed by atoms with Crippen LogP contribution in [0.3, 0.4) is 0 Å². The molecule has 4 nitrogen and oxygen atoms in total. The quantitative estimate of drug-likeness (QED) is 0.742. The molecule has 2 aromatic heterocycles. The van der Waals surface area contributed by atoms with Crippen molar-refractivity contribution in [3.63, 3.8) is 0 Å². The highest BCUT2D eigenvalue weighted by Crippen LogP contribution is 2.17. The molecule has 0 N–H and O–H groups in total. The third-order valence-corrected chi connectivity index (χ3v) is 2.85. The van der Waals surface area contributed by atoms with Gasteiger partial charge in [-0.25, -0.2) is 9.97 Å². The molecular weight excluding hydrogens is 190 g/mol. The minimum atomic E-state index is 0.615. The fourth-order valence-electron chi connectivity index (χ4n) is 2.04. The smallest absolute Gasteiger partial charge is 0.159 e. The summed E-state index contributed by atoms with van der Waals surface area (Å²) >= 11 is 0. The van der Waals surface area contributed by atoms with E-state index >= 15 is 0 Å². The van der Waals surface area contributed by atoms with Gasteiger partial charge < -0.3 is 9.30 Å². The van der Waals surface area contributed by atoms with Crippen LogP contribution < -0.4 is 0 Å². The van der Waals surface area contributed by atoms with Gasteiger partial charge >= 0.3 is 0 Å². The fourth-order valence-corrected chi connectivity index (χ4v) is 2.04. The van der Waals surface area contributed by atoms with E-state index in [-0.39, 0.29) is 0 Å². The van der Waals surface area contributed by atoms with E-state index in [4.69, 9.17) is 4.74 Å². The third kappa shape index (κ3) is 1.61. The van der Waals surface area contributed by atoms with E-state index in [9.17, 15) is 0 Å². The van der Waals surface area contributed by atoms with Gasteiger partial charge in [-0.15, -0.1) is 0 Å². The lowest BCUT2D eigenvalue weighted by molar-refractivity contribution is 0.182. The fraction of sp³-hybridized carbons (Fsp3) is 0.455. The van der Waals surface area contributed by atoms with Crippen molar-refractivity contribution in [2.75, 3.05) is 13.2 Å². The van der Waals surface area contributed by atoms with Crippen LogP contribution in [0.2, 0.25) is 0 Å². The van der Waals surface area contributed by atoms with Crippen molar-refractivity contribution in [1.82, 2.24) is 14.5 Å². The van der Waals surface area contributed by atoms with Crippen molar-refractivity contribution in [1.29, 1.82) is 0 Å². The largest absolute Gasteiger partial charge is 0.381 e. The zero-order valence-electron chi connectivity index (χ0n) is 8.47. The minimum Gasteiger partial charge on any atom is -0.381 e. The normalized spacial score (nSPS) is 21.2. The van der Waals surface area contributed by atoms with E-state index < -0.39 is 0 Å². The monoisotopic (exact) mass is 203 g/mol. The van der Waals surface area contributed by atoms with Crippen LogP contribution in [0.4, 0.5) is 0 Å². The highest BCUT2D eigenvalue weighted by Gasteiger charge is 2.17. The first-order valence-corrected chi connectivity index (χ1v) is 5.27. The number of hydrogen-bond donors (Lipinski definition) is 0. The van der Waals surface area contributed by atoms with E-state index in [1.807, 2.05) is 24.7 Å². The highest BCUT2D eigenvalue weighted by molar-refractivity contribution is 5.69. The van der Waals surface area contributed by atoms with Crippen molar-refractivity contribution >= 4 is 11.2 Å². The van der Waals surface area contributed by atoms with Gasteiger partial charge in [0.2, 0.25) is 0 Å². The number of hydrogen-bond acceptors (Lipinski definition) is 3. The summed E-state index contributed by atoms with van der Waals surface area (Å²) in [6.07, 6.45) is 4.83. The Hall–Kier alpha value is -1.42. The van der Waals surface area contributed by atoms with E-state index in [0.29, 0.717) is 5.92 Å². The molecule has 0 aliphatic carbocycles. The van der Waals surface area contributed by atoms with Gasteiger partial charge in [-0.05, 0) is 18.6 Å². The van der Waals surface area contributed by atoms with Crippen LogP contribution in [0.1, 0.15) is 6.42 Å².